The van der Waals surface area contributed by atoms with Gasteiger partial charge in [0.2, 0.25) is 0 Å². The Balaban J connectivity index is 0.000000921. The van der Waals surface area contributed by atoms with Crippen LogP contribution in [-0.2, 0) is 0 Å². The van der Waals surface area contributed by atoms with E-state index in [1.807, 2.05) is 4.90 Å². The van der Waals surface area contributed by atoms with Crippen molar-refractivity contribution in [3.05, 3.63) is 6.57 Å². The quantitative estimate of drug-likeness (QED) is 0.527. The third-order valence-electron chi connectivity index (χ3n) is 3.44. The van der Waals surface area contributed by atoms with E-state index in [4.69, 9.17) is 11.8 Å². The summed E-state index contributed by atoms with van der Waals surface area (Å²) < 4.78 is 0. The molecule has 1 aliphatic heterocycles. The first-order valence-corrected chi connectivity index (χ1v) is 6.42. The molecule has 2 atom stereocenters. The average Bonchev–Trinajstić information content (AvgIpc) is 2.75. The van der Waals surface area contributed by atoms with Crippen molar-refractivity contribution in [3.8, 4) is 0 Å². The first-order chi connectivity index (χ1) is 7.36. The summed E-state index contributed by atoms with van der Waals surface area (Å²) in [4.78, 5) is 1.88. The maximum Gasteiger partial charge on any atom is 0.0801 e. The zero-order valence-corrected chi connectivity index (χ0v) is 10.4. The molecular weight excluding hydrogens is 184 g/mol. The van der Waals surface area contributed by atoms with Gasteiger partial charge in [-0.15, -0.1) is 0 Å². The van der Waals surface area contributed by atoms with Crippen molar-refractivity contribution >= 4 is 0 Å². The van der Waals surface area contributed by atoms with Crippen molar-refractivity contribution in [1.82, 2.24) is 0 Å². The Bertz CT molecular complexity index is 154. The van der Waals surface area contributed by atoms with Crippen LogP contribution in [0.1, 0.15) is 52.4 Å². The second-order valence-corrected chi connectivity index (χ2v) is 4.58. The fourth-order valence-electron chi connectivity index (χ4n) is 2.40. The van der Waals surface area contributed by atoms with Crippen molar-refractivity contribution in [2.75, 3.05) is 19.6 Å². The summed E-state index contributed by atoms with van der Waals surface area (Å²) in [6.45, 7) is 13.7. The van der Waals surface area contributed by atoms with Crippen LogP contribution < -0.4 is 4.90 Å². The van der Waals surface area contributed by atoms with Crippen LogP contribution in [-0.4, -0.2) is 19.6 Å². The van der Waals surface area contributed by atoms with Crippen LogP contribution in [0.5, 0.6) is 0 Å². The van der Waals surface area contributed by atoms with E-state index in [9.17, 15) is 0 Å². The predicted molar refractivity (Wildman–Crippen MR) is 63.1 cm³/mol. The number of nitrogens with one attached hydrogen (secondary N) is 1. The van der Waals surface area contributed by atoms with Gasteiger partial charge in [0.1, 0.15) is 0 Å². The van der Waals surface area contributed by atoms with Gasteiger partial charge < -0.3 is 16.7 Å². The smallest absolute Gasteiger partial charge is 0.0801 e. The van der Waals surface area contributed by atoms with E-state index in [1.165, 1.54) is 58.2 Å². The maximum atomic E-state index is 6.25. The normalized spacial score (nSPS) is 24.5. The van der Waals surface area contributed by atoms with Gasteiger partial charge in [0.05, 0.1) is 19.6 Å². The highest BCUT2D eigenvalue weighted by Crippen LogP contribution is 2.07. The van der Waals surface area contributed by atoms with E-state index in [-0.39, 0.29) is 0 Å². The molecule has 2 heteroatoms. The standard InChI is InChI=1S/C12H25N.CN/c1-3-5-6-7-9-13-10-8-12(4-2)11-13;1-2/h12H,3-11H2,1-2H3;/q;-1/p+1. The molecule has 2 unspecified atom stereocenters. The van der Waals surface area contributed by atoms with Gasteiger partial charge in [-0.05, 0) is 19.3 Å². The molecular formula is C13H26N2. The first kappa shape index (κ1) is 14.5. The highest BCUT2D eigenvalue weighted by atomic mass is 15.1. The minimum atomic E-state index is 1.04. The number of likely N-dealkylation sites (tertiary alicyclic amines) is 1. The van der Waals surface area contributed by atoms with E-state index in [2.05, 4.69) is 13.8 Å². The highest BCUT2D eigenvalue weighted by molar-refractivity contribution is 4.59. The molecule has 0 amide bonds. The minimum Gasteiger partial charge on any atom is -0.512 e. The van der Waals surface area contributed by atoms with Crippen LogP contribution in [0.15, 0.2) is 0 Å². The molecule has 0 saturated carbocycles. The van der Waals surface area contributed by atoms with Gasteiger partial charge in [0.25, 0.3) is 0 Å². The third-order valence-corrected chi connectivity index (χ3v) is 3.44. The van der Waals surface area contributed by atoms with Crippen molar-refractivity contribution in [3.63, 3.8) is 0 Å². The van der Waals surface area contributed by atoms with Gasteiger partial charge in [-0.3, -0.25) is 0 Å². The lowest BCUT2D eigenvalue weighted by molar-refractivity contribution is -0.889. The van der Waals surface area contributed by atoms with E-state index in [0.717, 1.165) is 5.92 Å². The minimum absolute atomic E-state index is 1.04. The number of rotatable bonds is 6. The maximum absolute atomic E-state index is 6.25. The van der Waals surface area contributed by atoms with Crippen LogP contribution in [0.3, 0.4) is 0 Å². The van der Waals surface area contributed by atoms with Gasteiger partial charge >= 0.3 is 0 Å². The summed E-state index contributed by atoms with van der Waals surface area (Å²) in [7, 11) is 0. The molecule has 15 heavy (non-hydrogen) atoms. The summed E-state index contributed by atoms with van der Waals surface area (Å²) in [5.74, 6) is 1.04. The Kier molecular flexibility index (Phi) is 9.62. The predicted octanol–water partition coefficient (Wildman–Crippen LogP) is 1.98. The van der Waals surface area contributed by atoms with Gasteiger partial charge in [0, 0.05) is 12.3 Å². The topological polar surface area (TPSA) is 28.2 Å². The Morgan fingerprint density at radius 3 is 2.47 bits per heavy atom. The second-order valence-electron chi connectivity index (χ2n) is 4.58. The Hall–Kier alpha value is -0.550. The summed E-state index contributed by atoms with van der Waals surface area (Å²) in [5.41, 5.74) is 0. The molecule has 88 valence electrons. The molecule has 1 aliphatic rings. The van der Waals surface area contributed by atoms with Crippen molar-refractivity contribution in [2.45, 2.75) is 52.4 Å². The van der Waals surface area contributed by atoms with E-state index in [1.54, 1.807) is 0 Å². The second kappa shape index (κ2) is 9.98. The lowest BCUT2D eigenvalue weighted by Crippen LogP contribution is -3.10. The van der Waals surface area contributed by atoms with Crippen molar-refractivity contribution < 1.29 is 4.90 Å². The fraction of sp³-hybridized carbons (Fsp3) is 0.923. The summed E-state index contributed by atoms with van der Waals surface area (Å²) in [5, 5.41) is 6.25. The zero-order valence-electron chi connectivity index (χ0n) is 10.4. The third kappa shape index (κ3) is 6.52. The number of hydrogen-bond donors (Lipinski definition) is 1. The molecule has 0 aliphatic carbocycles. The molecule has 1 N–H and O–H groups in total. The molecule has 1 saturated heterocycles. The van der Waals surface area contributed by atoms with E-state index < -0.39 is 0 Å². The van der Waals surface area contributed by atoms with E-state index >= 15 is 0 Å². The number of unbranched alkanes of at least 4 members (excludes halogenated alkanes) is 3. The van der Waals surface area contributed by atoms with Crippen LogP contribution in [0, 0.1) is 17.8 Å². The van der Waals surface area contributed by atoms with Crippen LogP contribution in [0.2, 0.25) is 0 Å². The van der Waals surface area contributed by atoms with Crippen LogP contribution in [0.4, 0.5) is 0 Å². The molecule has 0 radical (unpaired) electrons. The molecule has 0 aromatic heterocycles. The Labute approximate surface area is 95.3 Å². The Morgan fingerprint density at radius 2 is 1.93 bits per heavy atom. The molecule has 0 aromatic carbocycles. The van der Waals surface area contributed by atoms with Gasteiger partial charge in [0.15, 0.2) is 0 Å². The molecule has 0 bridgehead atoms. The summed E-state index contributed by atoms with van der Waals surface area (Å²) >= 11 is 0. The largest absolute Gasteiger partial charge is 0.512 e. The number of quaternary nitrogens is 1. The molecule has 2 nitrogen and oxygen atoms in total. The fourth-order valence-corrected chi connectivity index (χ4v) is 2.40. The lowest BCUT2D eigenvalue weighted by Gasteiger charge is -2.12. The van der Waals surface area contributed by atoms with Crippen LogP contribution >= 0.6 is 0 Å². The first-order valence-electron chi connectivity index (χ1n) is 6.42. The van der Waals surface area contributed by atoms with E-state index in [0.29, 0.717) is 0 Å². The van der Waals surface area contributed by atoms with Gasteiger partial charge in [-0.25, -0.2) is 0 Å². The monoisotopic (exact) mass is 210 g/mol. The van der Waals surface area contributed by atoms with Crippen molar-refractivity contribution in [2.24, 2.45) is 5.92 Å². The zero-order chi connectivity index (χ0) is 11.5. The highest BCUT2D eigenvalue weighted by Gasteiger charge is 2.23. The SMILES string of the molecule is CCCCCC[NH+]1CCC(CC)C1.[C-]#N. The molecule has 1 fully saturated rings. The summed E-state index contributed by atoms with van der Waals surface area (Å²) in [6.07, 6.45) is 8.60. The van der Waals surface area contributed by atoms with Crippen LogP contribution in [0.25, 0.3) is 0 Å². The Morgan fingerprint density at radius 1 is 1.20 bits per heavy atom. The van der Waals surface area contributed by atoms with Gasteiger partial charge in [-0.1, -0.05) is 26.7 Å². The average molecular weight is 210 g/mol. The molecule has 0 spiro atoms. The van der Waals surface area contributed by atoms with Gasteiger partial charge in [-0.2, -0.15) is 0 Å². The molecule has 1 rings (SSSR count). The van der Waals surface area contributed by atoms with Crippen molar-refractivity contribution in [1.29, 1.82) is 5.26 Å². The molecule has 1 heterocycles. The number of nitrogens with zero attached hydrogens (tertiary/aromatic N) is 1. The molecule has 0 aromatic rings. The lowest BCUT2D eigenvalue weighted by atomic mass is 10.1. The number of hydrogen-bond acceptors (Lipinski definition) is 1. The summed E-state index contributed by atoms with van der Waals surface area (Å²) in [6, 6.07) is 0.